The average molecular weight is 533 g/mol. The van der Waals surface area contributed by atoms with Gasteiger partial charge in [-0.2, -0.15) is 0 Å². The fourth-order valence-electron chi connectivity index (χ4n) is 4.21. The summed E-state index contributed by atoms with van der Waals surface area (Å²) in [6.45, 7) is 0.212. The van der Waals surface area contributed by atoms with Crippen molar-refractivity contribution in [1.82, 2.24) is 21.3 Å². The van der Waals surface area contributed by atoms with Crippen molar-refractivity contribution in [2.75, 3.05) is 20.8 Å². The number of hydrogen-bond donors (Lipinski definition) is 4. The van der Waals surface area contributed by atoms with E-state index in [1.54, 1.807) is 0 Å². The molecule has 0 aliphatic carbocycles. The molecule has 39 heavy (non-hydrogen) atoms. The number of nitrogens with one attached hydrogen (secondary N) is 4. The molecule has 0 saturated carbocycles. The number of aryl methyl sites for hydroxylation is 1. The van der Waals surface area contributed by atoms with Gasteiger partial charge >= 0.3 is 0 Å². The van der Waals surface area contributed by atoms with Gasteiger partial charge in [-0.05, 0) is 34.7 Å². The Labute approximate surface area is 228 Å². The fraction of sp³-hybridized carbons (Fsp3) is 0.333. The van der Waals surface area contributed by atoms with Crippen molar-refractivity contribution in [2.24, 2.45) is 0 Å². The molecule has 0 aromatic heterocycles. The second-order valence-electron chi connectivity index (χ2n) is 9.19. The summed E-state index contributed by atoms with van der Waals surface area (Å²) >= 11 is 0. The van der Waals surface area contributed by atoms with E-state index in [1.165, 1.54) is 14.2 Å². The zero-order chi connectivity index (χ0) is 28.0. The van der Waals surface area contributed by atoms with E-state index >= 15 is 0 Å². The molecule has 0 spiro atoms. The molecule has 206 valence electrons. The van der Waals surface area contributed by atoms with Crippen molar-refractivity contribution in [1.29, 1.82) is 0 Å². The summed E-state index contributed by atoms with van der Waals surface area (Å²) in [5.74, 6) is -1.56. The molecular formula is C30H36N4O5. The van der Waals surface area contributed by atoms with Crippen LogP contribution in [-0.2, 0) is 36.9 Å². The summed E-state index contributed by atoms with van der Waals surface area (Å²) in [4.78, 5) is 50.7. The van der Waals surface area contributed by atoms with E-state index in [2.05, 4.69) is 21.3 Å². The second-order valence-corrected chi connectivity index (χ2v) is 9.19. The lowest BCUT2D eigenvalue weighted by Gasteiger charge is -2.23. The normalized spacial score (nSPS) is 12.3. The SMILES string of the molecule is CNC(=O)CCC(NC(=O)CCc1ccccc1)C(=O)NC(COC)C(=O)NCc1cccc2ccccc12. The number of amides is 4. The molecule has 0 saturated heterocycles. The van der Waals surface area contributed by atoms with E-state index in [0.29, 0.717) is 6.42 Å². The lowest BCUT2D eigenvalue weighted by molar-refractivity contribution is -0.133. The molecule has 4 amide bonds. The number of carbonyl (C=O) groups excluding carboxylic acids is 4. The van der Waals surface area contributed by atoms with Crippen LogP contribution in [-0.4, -0.2) is 56.5 Å². The largest absolute Gasteiger partial charge is 0.382 e. The number of hydrogen-bond acceptors (Lipinski definition) is 5. The van der Waals surface area contributed by atoms with Crippen LogP contribution in [0.2, 0.25) is 0 Å². The highest BCUT2D eigenvalue weighted by atomic mass is 16.5. The molecule has 9 nitrogen and oxygen atoms in total. The zero-order valence-electron chi connectivity index (χ0n) is 22.4. The lowest BCUT2D eigenvalue weighted by Crippen LogP contribution is -2.55. The third-order valence-electron chi connectivity index (χ3n) is 6.37. The first-order chi connectivity index (χ1) is 18.9. The van der Waals surface area contributed by atoms with Gasteiger partial charge < -0.3 is 26.0 Å². The van der Waals surface area contributed by atoms with Crippen LogP contribution in [0, 0.1) is 0 Å². The van der Waals surface area contributed by atoms with Gasteiger partial charge in [0.15, 0.2) is 0 Å². The molecule has 0 aliphatic rings. The van der Waals surface area contributed by atoms with E-state index in [4.69, 9.17) is 4.74 Å². The van der Waals surface area contributed by atoms with Gasteiger partial charge in [-0.25, -0.2) is 0 Å². The summed E-state index contributed by atoms with van der Waals surface area (Å²) < 4.78 is 5.19. The molecule has 2 atom stereocenters. The second kappa shape index (κ2) is 15.2. The maximum Gasteiger partial charge on any atom is 0.245 e. The maximum absolute atomic E-state index is 13.2. The predicted octanol–water partition coefficient (Wildman–Crippen LogP) is 2.23. The fourth-order valence-corrected chi connectivity index (χ4v) is 4.21. The van der Waals surface area contributed by atoms with Crippen LogP contribution in [0.15, 0.2) is 72.8 Å². The van der Waals surface area contributed by atoms with Crippen LogP contribution in [0.4, 0.5) is 0 Å². The molecule has 0 aliphatic heterocycles. The maximum atomic E-state index is 13.2. The Morgan fingerprint density at radius 1 is 0.769 bits per heavy atom. The monoisotopic (exact) mass is 532 g/mol. The molecule has 3 aromatic rings. The van der Waals surface area contributed by atoms with Gasteiger partial charge in [0.25, 0.3) is 0 Å². The number of rotatable bonds is 14. The predicted molar refractivity (Wildman–Crippen MR) is 150 cm³/mol. The summed E-state index contributed by atoms with van der Waals surface area (Å²) in [6, 6.07) is 21.3. The molecule has 0 fully saturated rings. The standard InChI is InChI=1S/C30H36N4O5/c1-31-27(35)18-16-25(33-28(36)17-15-21-9-4-3-5-10-21)30(38)34-26(20-39-2)29(37)32-19-23-13-8-12-22-11-6-7-14-24(22)23/h3-14,25-26H,15-20H2,1-2H3,(H,31,35)(H,32,37)(H,33,36)(H,34,38). The quantitative estimate of drug-likeness (QED) is 0.253. The van der Waals surface area contributed by atoms with Crippen LogP contribution in [0.3, 0.4) is 0 Å². The number of benzene rings is 3. The number of carbonyl (C=O) groups is 4. The first kappa shape index (κ1) is 29.3. The molecule has 0 radical (unpaired) electrons. The number of methoxy groups -OCH3 is 1. The lowest BCUT2D eigenvalue weighted by atomic mass is 10.0. The van der Waals surface area contributed by atoms with Crippen LogP contribution < -0.4 is 21.3 Å². The van der Waals surface area contributed by atoms with Crippen molar-refractivity contribution >= 4 is 34.4 Å². The van der Waals surface area contributed by atoms with Gasteiger partial charge in [0.1, 0.15) is 12.1 Å². The molecule has 3 rings (SSSR count). The highest BCUT2D eigenvalue weighted by Crippen LogP contribution is 2.18. The van der Waals surface area contributed by atoms with Gasteiger partial charge in [0.05, 0.1) is 6.61 Å². The number of ether oxygens (including phenoxy) is 1. The molecule has 0 bridgehead atoms. The average Bonchev–Trinajstić information content (AvgIpc) is 2.96. The summed E-state index contributed by atoms with van der Waals surface area (Å²) in [5.41, 5.74) is 1.94. The highest BCUT2D eigenvalue weighted by Gasteiger charge is 2.27. The minimum Gasteiger partial charge on any atom is -0.382 e. The van der Waals surface area contributed by atoms with Gasteiger partial charge in [0.2, 0.25) is 23.6 Å². The van der Waals surface area contributed by atoms with E-state index in [-0.39, 0.29) is 44.2 Å². The molecule has 9 heteroatoms. The van der Waals surface area contributed by atoms with Gasteiger partial charge in [-0.3, -0.25) is 19.2 Å². The van der Waals surface area contributed by atoms with Crippen molar-refractivity contribution in [3.05, 3.63) is 83.9 Å². The molecule has 0 heterocycles. The zero-order valence-corrected chi connectivity index (χ0v) is 22.4. The van der Waals surface area contributed by atoms with Crippen LogP contribution in [0.1, 0.15) is 30.4 Å². The van der Waals surface area contributed by atoms with Crippen molar-refractivity contribution in [2.45, 2.75) is 44.3 Å². The van der Waals surface area contributed by atoms with Gasteiger partial charge in [0, 0.05) is 33.5 Å². The highest BCUT2D eigenvalue weighted by molar-refractivity contribution is 5.93. The Balaban J connectivity index is 1.63. The Bertz CT molecular complexity index is 1260. The van der Waals surface area contributed by atoms with E-state index in [9.17, 15) is 19.2 Å². The van der Waals surface area contributed by atoms with Gasteiger partial charge in [-0.1, -0.05) is 72.8 Å². The molecular weight excluding hydrogens is 496 g/mol. The van der Waals surface area contributed by atoms with E-state index in [0.717, 1.165) is 21.9 Å². The molecule has 3 aromatic carbocycles. The minimum absolute atomic E-state index is 0.0375. The smallest absolute Gasteiger partial charge is 0.245 e. The summed E-state index contributed by atoms with van der Waals surface area (Å²) in [6.07, 6.45) is 0.815. The Hall–Kier alpha value is -4.24. The Morgan fingerprint density at radius 2 is 1.49 bits per heavy atom. The van der Waals surface area contributed by atoms with E-state index < -0.39 is 23.9 Å². The Morgan fingerprint density at radius 3 is 2.23 bits per heavy atom. The minimum atomic E-state index is -0.990. The molecule has 4 N–H and O–H groups in total. The third-order valence-corrected chi connectivity index (χ3v) is 6.37. The van der Waals surface area contributed by atoms with Crippen molar-refractivity contribution < 1.29 is 23.9 Å². The van der Waals surface area contributed by atoms with Crippen molar-refractivity contribution in [3.8, 4) is 0 Å². The van der Waals surface area contributed by atoms with Crippen molar-refractivity contribution in [3.63, 3.8) is 0 Å². The molecule has 2 unspecified atom stereocenters. The third kappa shape index (κ3) is 9.22. The first-order valence-electron chi connectivity index (χ1n) is 13.0. The first-order valence-corrected chi connectivity index (χ1v) is 13.0. The van der Waals surface area contributed by atoms with Crippen LogP contribution in [0.5, 0.6) is 0 Å². The summed E-state index contributed by atoms with van der Waals surface area (Å²) in [7, 11) is 2.94. The van der Waals surface area contributed by atoms with Crippen LogP contribution in [0.25, 0.3) is 10.8 Å². The number of fused-ring (bicyclic) bond motifs is 1. The van der Waals surface area contributed by atoms with E-state index in [1.807, 2.05) is 72.8 Å². The van der Waals surface area contributed by atoms with Crippen LogP contribution >= 0.6 is 0 Å². The topological polar surface area (TPSA) is 126 Å². The van der Waals surface area contributed by atoms with Gasteiger partial charge in [-0.15, -0.1) is 0 Å². The summed E-state index contributed by atoms with van der Waals surface area (Å²) in [5, 5.41) is 12.9. The Kier molecular flexibility index (Phi) is 11.5.